The molecule has 0 spiro atoms. The number of nitriles is 2. The van der Waals surface area contributed by atoms with Crippen LogP contribution in [0, 0.1) is 22.7 Å². The SMILES string of the molecule is CC1(C)COc2cc(NN=C(C#N)C#N)ccc21. The first-order chi connectivity index (χ1) is 8.56. The molecule has 5 nitrogen and oxygen atoms in total. The third-order valence-corrected chi connectivity index (χ3v) is 2.81. The second kappa shape index (κ2) is 4.38. The third-order valence-electron chi connectivity index (χ3n) is 2.81. The van der Waals surface area contributed by atoms with E-state index in [1.807, 2.05) is 18.2 Å². The molecule has 0 bridgehead atoms. The zero-order chi connectivity index (χ0) is 13.2. The molecule has 18 heavy (non-hydrogen) atoms. The summed E-state index contributed by atoms with van der Waals surface area (Å²) in [7, 11) is 0. The van der Waals surface area contributed by atoms with Crippen LogP contribution in [0.1, 0.15) is 19.4 Å². The van der Waals surface area contributed by atoms with Crippen LogP contribution in [0.5, 0.6) is 5.75 Å². The maximum Gasteiger partial charge on any atom is 0.237 e. The summed E-state index contributed by atoms with van der Waals surface area (Å²) < 4.78 is 5.60. The van der Waals surface area contributed by atoms with Gasteiger partial charge in [-0.3, -0.25) is 5.43 Å². The number of rotatable bonds is 2. The Morgan fingerprint density at radius 1 is 1.39 bits per heavy atom. The molecule has 1 N–H and O–H groups in total. The van der Waals surface area contributed by atoms with Crippen molar-refractivity contribution in [1.82, 2.24) is 0 Å². The number of anilines is 1. The number of hydrazone groups is 1. The molecule has 0 saturated carbocycles. The van der Waals surface area contributed by atoms with E-state index in [0.29, 0.717) is 12.3 Å². The monoisotopic (exact) mass is 240 g/mol. The van der Waals surface area contributed by atoms with Crippen LogP contribution in [-0.2, 0) is 5.41 Å². The molecular formula is C13H12N4O. The highest BCUT2D eigenvalue weighted by Crippen LogP contribution is 2.39. The average molecular weight is 240 g/mol. The standard InChI is InChI=1S/C13H12N4O/c1-13(2)8-18-12-5-9(3-4-11(12)13)16-17-10(6-14)7-15/h3-5,16H,8H2,1-2H3. The Kier molecular flexibility index (Phi) is 2.91. The predicted molar refractivity (Wildman–Crippen MR) is 67.2 cm³/mol. The lowest BCUT2D eigenvalue weighted by molar-refractivity contribution is 0.291. The summed E-state index contributed by atoms with van der Waals surface area (Å²) in [5.74, 6) is 0.815. The van der Waals surface area contributed by atoms with Crippen LogP contribution in [0.2, 0.25) is 0 Å². The van der Waals surface area contributed by atoms with Crippen LogP contribution in [0.3, 0.4) is 0 Å². The van der Waals surface area contributed by atoms with Gasteiger partial charge in [-0.05, 0) is 6.07 Å². The van der Waals surface area contributed by atoms with Gasteiger partial charge in [0.15, 0.2) is 0 Å². The van der Waals surface area contributed by atoms with Crippen LogP contribution in [0.15, 0.2) is 23.3 Å². The number of fused-ring (bicyclic) bond motifs is 1. The van der Waals surface area contributed by atoms with E-state index in [2.05, 4.69) is 24.4 Å². The zero-order valence-corrected chi connectivity index (χ0v) is 10.2. The number of nitrogens with zero attached hydrogens (tertiary/aromatic N) is 3. The van der Waals surface area contributed by atoms with Crippen molar-refractivity contribution in [2.24, 2.45) is 5.10 Å². The fourth-order valence-corrected chi connectivity index (χ4v) is 1.80. The van der Waals surface area contributed by atoms with Gasteiger partial charge in [0.1, 0.15) is 17.9 Å². The van der Waals surface area contributed by atoms with E-state index >= 15 is 0 Å². The Morgan fingerprint density at radius 3 is 2.78 bits per heavy atom. The van der Waals surface area contributed by atoms with Crippen LogP contribution in [-0.4, -0.2) is 12.3 Å². The highest BCUT2D eigenvalue weighted by Gasteiger charge is 2.31. The first-order valence-corrected chi connectivity index (χ1v) is 5.48. The summed E-state index contributed by atoms with van der Waals surface area (Å²) in [5, 5.41) is 20.8. The van der Waals surface area contributed by atoms with Crippen molar-refractivity contribution in [3.05, 3.63) is 23.8 Å². The minimum absolute atomic E-state index is 0.0155. The Morgan fingerprint density at radius 2 is 2.11 bits per heavy atom. The summed E-state index contributed by atoms with van der Waals surface area (Å²) >= 11 is 0. The van der Waals surface area contributed by atoms with Gasteiger partial charge in [-0.15, -0.1) is 0 Å². The van der Waals surface area contributed by atoms with Crippen LogP contribution in [0.4, 0.5) is 5.69 Å². The molecule has 0 radical (unpaired) electrons. The van der Waals surface area contributed by atoms with Crippen molar-refractivity contribution in [1.29, 1.82) is 10.5 Å². The fourth-order valence-electron chi connectivity index (χ4n) is 1.80. The van der Waals surface area contributed by atoms with Crippen molar-refractivity contribution in [2.45, 2.75) is 19.3 Å². The van der Waals surface area contributed by atoms with E-state index in [1.165, 1.54) is 0 Å². The van der Waals surface area contributed by atoms with Gasteiger partial charge in [0.05, 0.1) is 12.3 Å². The van der Waals surface area contributed by atoms with E-state index in [9.17, 15) is 0 Å². The molecule has 1 aromatic carbocycles. The first-order valence-electron chi connectivity index (χ1n) is 5.48. The van der Waals surface area contributed by atoms with Gasteiger partial charge in [-0.2, -0.15) is 15.6 Å². The van der Waals surface area contributed by atoms with Gasteiger partial charge in [0, 0.05) is 17.0 Å². The van der Waals surface area contributed by atoms with Crippen molar-refractivity contribution in [2.75, 3.05) is 12.0 Å². The minimum Gasteiger partial charge on any atom is -0.492 e. The highest BCUT2D eigenvalue weighted by atomic mass is 16.5. The van der Waals surface area contributed by atoms with Gasteiger partial charge in [-0.1, -0.05) is 19.9 Å². The Labute approximate surface area is 105 Å². The summed E-state index contributed by atoms with van der Waals surface area (Å²) in [6.07, 6.45) is 0. The molecule has 1 aliphatic rings. The smallest absolute Gasteiger partial charge is 0.237 e. The summed E-state index contributed by atoms with van der Waals surface area (Å²) in [4.78, 5) is 0. The number of benzene rings is 1. The predicted octanol–water partition coefficient (Wildman–Crippen LogP) is 2.17. The van der Waals surface area contributed by atoms with E-state index < -0.39 is 0 Å². The molecule has 5 heteroatoms. The van der Waals surface area contributed by atoms with Gasteiger partial charge in [0.2, 0.25) is 5.71 Å². The van der Waals surface area contributed by atoms with Crippen LogP contribution in [0.25, 0.3) is 0 Å². The average Bonchev–Trinajstić information content (AvgIpc) is 2.66. The van der Waals surface area contributed by atoms with Crippen molar-refractivity contribution in [3.8, 4) is 17.9 Å². The Bertz CT molecular complexity index is 574. The quantitative estimate of drug-likeness (QED) is 0.634. The number of hydrogen-bond acceptors (Lipinski definition) is 5. The molecule has 0 unspecified atom stereocenters. The summed E-state index contributed by atoms with van der Waals surface area (Å²) in [5.41, 5.74) is 4.31. The first kappa shape index (κ1) is 11.9. The van der Waals surface area contributed by atoms with E-state index in [1.54, 1.807) is 12.1 Å². The molecule has 0 fully saturated rings. The lowest BCUT2D eigenvalue weighted by Gasteiger charge is -2.14. The van der Waals surface area contributed by atoms with Crippen molar-refractivity contribution in [3.63, 3.8) is 0 Å². The Hall–Kier alpha value is -2.53. The molecule has 90 valence electrons. The number of hydrogen-bond donors (Lipinski definition) is 1. The van der Waals surface area contributed by atoms with Gasteiger partial charge < -0.3 is 4.74 Å². The normalized spacial score (nSPS) is 14.7. The van der Waals surface area contributed by atoms with E-state index in [-0.39, 0.29) is 11.1 Å². The second-order valence-corrected chi connectivity index (χ2v) is 4.68. The van der Waals surface area contributed by atoms with Crippen LogP contribution >= 0.6 is 0 Å². The van der Waals surface area contributed by atoms with Crippen molar-refractivity contribution >= 4 is 11.4 Å². The summed E-state index contributed by atoms with van der Waals surface area (Å²) in [6, 6.07) is 9.01. The molecule has 1 heterocycles. The molecule has 0 aliphatic carbocycles. The van der Waals surface area contributed by atoms with Gasteiger partial charge >= 0.3 is 0 Å². The molecule has 0 saturated heterocycles. The van der Waals surface area contributed by atoms with Gasteiger partial charge in [-0.25, -0.2) is 0 Å². The maximum absolute atomic E-state index is 8.56. The lowest BCUT2D eigenvalue weighted by atomic mass is 9.87. The zero-order valence-electron chi connectivity index (χ0n) is 10.2. The van der Waals surface area contributed by atoms with E-state index in [4.69, 9.17) is 15.3 Å². The van der Waals surface area contributed by atoms with E-state index in [0.717, 1.165) is 11.3 Å². The second-order valence-electron chi connectivity index (χ2n) is 4.68. The molecule has 0 amide bonds. The minimum atomic E-state index is -0.211. The molecule has 0 aromatic heterocycles. The lowest BCUT2D eigenvalue weighted by Crippen LogP contribution is -2.18. The van der Waals surface area contributed by atoms with Crippen molar-refractivity contribution < 1.29 is 4.74 Å². The Balaban J connectivity index is 2.23. The molecule has 1 aliphatic heterocycles. The molecular weight excluding hydrogens is 228 g/mol. The summed E-state index contributed by atoms with van der Waals surface area (Å²) in [6.45, 7) is 4.89. The largest absolute Gasteiger partial charge is 0.492 e. The highest BCUT2D eigenvalue weighted by molar-refractivity contribution is 6.10. The van der Waals surface area contributed by atoms with Gasteiger partial charge in [0.25, 0.3) is 0 Å². The molecule has 1 aromatic rings. The molecule has 2 rings (SSSR count). The van der Waals surface area contributed by atoms with Crippen LogP contribution < -0.4 is 10.2 Å². The number of nitrogens with one attached hydrogen (secondary N) is 1. The maximum atomic E-state index is 8.56. The molecule has 0 atom stereocenters. The topological polar surface area (TPSA) is 81.2 Å². The third kappa shape index (κ3) is 2.11. The number of ether oxygens (including phenoxy) is 1. The fraction of sp³-hybridized carbons (Fsp3) is 0.308.